The lowest BCUT2D eigenvalue weighted by Gasteiger charge is -2.24. The summed E-state index contributed by atoms with van der Waals surface area (Å²) in [5, 5.41) is 11.6. The van der Waals surface area contributed by atoms with Crippen LogP contribution in [0, 0.1) is 0 Å². The van der Waals surface area contributed by atoms with Crippen LogP contribution in [0.1, 0.15) is 16.9 Å². The zero-order chi connectivity index (χ0) is 14.0. The molecule has 0 radical (unpaired) electrons. The third-order valence-corrected chi connectivity index (χ3v) is 3.98. The molecule has 1 aliphatic rings. The fourth-order valence-electron chi connectivity index (χ4n) is 1.76. The Morgan fingerprint density at radius 3 is 2.63 bits per heavy atom. The van der Waals surface area contributed by atoms with Gasteiger partial charge in [-0.25, -0.2) is 9.59 Å². The van der Waals surface area contributed by atoms with Gasteiger partial charge in [0.1, 0.15) is 11.2 Å². The molecule has 2 heterocycles. The molecular formula is C10H11N3O5S. The highest BCUT2D eigenvalue weighted by atomic mass is 32.2. The number of hydrogen-bond acceptors (Lipinski definition) is 5. The normalized spacial score (nSPS) is 22.1. The van der Waals surface area contributed by atoms with E-state index in [0.29, 0.717) is 12.2 Å². The molecule has 1 atom stereocenters. The number of aromatic nitrogens is 2. The van der Waals surface area contributed by atoms with Crippen molar-refractivity contribution in [2.24, 2.45) is 0 Å². The van der Waals surface area contributed by atoms with Crippen LogP contribution in [-0.2, 0) is 4.79 Å². The van der Waals surface area contributed by atoms with Gasteiger partial charge in [-0.3, -0.25) is 14.6 Å². The van der Waals surface area contributed by atoms with E-state index in [4.69, 9.17) is 0 Å². The maximum atomic E-state index is 11.9. The highest BCUT2D eigenvalue weighted by Gasteiger charge is 2.43. The molecule has 102 valence electrons. The number of thioether (sulfide) groups is 1. The molecule has 0 aliphatic carbocycles. The number of amides is 1. The maximum absolute atomic E-state index is 11.9. The van der Waals surface area contributed by atoms with Crippen LogP contribution in [0.25, 0.3) is 0 Å². The van der Waals surface area contributed by atoms with Crippen LogP contribution in [0.4, 0.5) is 0 Å². The molecule has 1 aromatic rings. The third-order valence-electron chi connectivity index (χ3n) is 2.79. The molecule has 1 fully saturated rings. The van der Waals surface area contributed by atoms with Crippen LogP contribution in [0.2, 0.25) is 0 Å². The van der Waals surface area contributed by atoms with Gasteiger partial charge in [-0.05, 0) is 12.2 Å². The van der Waals surface area contributed by atoms with Crippen LogP contribution in [-0.4, -0.2) is 44.0 Å². The van der Waals surface area contributed by atoms with E-state index in [-0.39, 0.29) is 11.4 Å². The van der Waals surface area contributed by atoms with Crippen molar-refractivity contribution >= 4 is 23.6 Å². The number of carbonyl (C=O) groups is 2. The standard InChI is InChI=1S/C10H11N3O5S/c14-6-3-5(11-9(18)12-6)7(15)13-10(8(16)17)1-2-19-4-10/h3H,1-2,4H2,(H,13,15)(H,16,17)(H2,11,12,14,18). The van der Waals surface area contributed by atoms with Crippen molar-refractivity contribution in [2.45, 2.75) is 12.0 Å². The van der Waals surface area contributed by atoms with E-state index >= 15 is 0 Å². The fourth-order valence-corrected chi connectivity index (χ4v) is 3.09. The Morgan fingerprint density at radius 1 is 1.37 bits per heavy atom. The van der Waals surface area contributed by atoms with E-state index in [1.807, 2.05) is 4.98 Å². The van der Waals surface area contributed by atoms with Gasteiger partial charge < -0.3 is 15.4 Å². The quantitative estimate of drug-likeness (QED) is 0.549. The first-order valence-corrected chi connectivity index (χ1v) is 6.56. The fraction of sp³-hybridized carbons (Fsp3) is 0.400. The van der Waals surface area contributed by atoms with Gasteiger partial charge in [0.25, 0.3) is 11.5 Å². The Labute approximate surface area is 110 Å². The summed E-state index contributed by atoms with van der Waals surface area (Å²) < 4.78 is 0. The molecule has 1 saturated heterocycles. The minimum atomic E-state index is -1.35. The second kappa shape index (κ2) is 4.92. The number of aliphatic carboxylic acids is 1. The Balaban J connectivity index is 2.27. The lowest BCUT2D eigenvalue weighted by Crippen LogP contribution is -2.55. The van der Waals surface area contributed by atoms with E-state index in [1.54, 1.807) is 0 Å². The highest BCUT2D eigenvalue weighted by molar-refractivity contribution is 7.99. The van der Waals surface area contributed by atoms with Gasteiger partial charge in [-0.2, -0.15) is 11.8 Å². The summed E-state index contributed by atoms with van der Waals surface area (Å²) in [7, 11) is 0. The summed E-state index contributed by atoms with van der Waals surface area (Å²) in [6.07, 6.45) is 0.298. The number of carboxylic acids is 1. The van der Waals surface area contributed by atoms with Crippen molar-refractivity contribution in [3.63, 3.8) is 0 Å². The van der Waals surface area contributed by atoms with Gasteiger partial charge in [-0.1, -0.05) is 0 Å². The van der Waals surface area contributed by atoms with Crippen molar-refractivity contribution < 1.29 is 14.7 Å². The smallest absolute Gasteiger partial charge is 0.330 e. The molecule has 0 aromatic carbocycles. The summed E-state index contributed by atoms with van der Waals surface area (Å²) in [6, 6.07) is 0.911. The minimum Gasteiger partial charge on any atom is -0.479 e. The number of hydrogen-bond donors (Lipinski definition) is 4. The van der Waals surface area contributed by atoms with Crippen LogP contribution >= 0.6 is 11.8 Å². The lowest BCUT2D eigenvalue weighted by atomic mass is 9.99. The SMILES string of the molecule is O=C(NC1(C(=O)O)CCSC1)c1cc(=O)[nH]c(=O)[nH]1. The number of H-pyrrole nitrogens is 2. The maximum Gasteiger partial charge on any atom is 0.330 e. The Bertz CT molecular complexity index is 600. The third kappa shape index (κ3) is 2.70. The molecule has 0 saturated carbocycles. The topological polar surface area (TPSA) is 132 Å². The average Bonchev–Trinajstić information content (AvgIpc) is 2.77. The average molecular weight is 285 g/mol. The molecule has 1 unspecified atom stereocenters. The highest BCUT2D eigenvalue weighted by Crippen LogP contribution is 2.28. The molecule has 8 nitrogen and oxygen atoms in total. The number of rotatable bonds is 3. The first-order chi connectivity index (χ1) is 8.93. The molecule has 2 rings (SSSR count). The van der Waals surface area contributed by atoms with E-state index in [0.717, 1.165) is 6.07 Å². The van der Waals surface area contributed by atoms with Gasteiger partial charge in [-0.15, -0.1) is 0 Å². The summed E-state index contributed by atoms with van der Waals surface area (Å²) in [6.45, 7) is 0. The van der Waals surface area contributed by atoms with Crippen molar-refractivity contribution in [1.29, 1.82) is 0 Å². The van der Waals surface area contributed by atoms with Crippen LogP contribution < -0.4 is 16.6 Å². The predicted octanol–water partition coefficient (Wildman–Crippen LogP) is -1.25. The molecule has 19 heavy (non-hydrogen) atoms. The lowest BCUT2D eigenvalue weighted by molar-refractivity contribution is -0.143. The summed E-state index contributed by atoms with van der Waals surface area (Å²) in [4.78, 5) is 49.4. The molecule has 1 aromatic heterocycles. The number of carboxylic acid groups (broad SMARTS) is 1. The second-order valence-corrected chi connectivity index (χ2v) is 5.25. The van der Waals surface area contributed by atoms with E-state index in [9.17, 15) is 24.3 Å². The zero-order valence-electron chi connectivity index (χ0n) is 9.69. The Morgan fingerprint density at radius 2 is 2.11 bits per heavy atom. The van der Waals surface area contributed by atoms with Crippen molar-refractivity contribution in [3.05, 3.63) is 32.6 Å². The monoisotopic (exact) mass is 285 g/mol. The molecule has 9 heteroatoms. The largest absolute Gasteiger partial charge is 0.479 e. The molecule has 4 N–H and O–H groups in total. The first-order valence-electron chi connectivity index (χ1n) is 5.40. The Hall–Kier alpha value is -2.03. The van der Waals surface area contributed by atoms with Gasteiger partial charge in [0, 0.05) is 11.8 Å². The summed E-state index contributed by atoms with van der Waals surface area (Å²) in [5.41, 5.74) is -3.14. The molecule has 0 spiro atoms. The Kier molecular flexibility index (Phi) is 3.47. The summed E-state index contributed by atoms with van der Waals surface area (Å²) >= 11 is 1.42. The van der Waals surface area contributed by atoms with Crippen LogP contribution in [0.3, 0.4) is 0 Å². The number of carbonyl (C=O) groups excluding carboxylic acids is 1. The van der Waals surface area contributed by atoms with Crippen LogP contribution in [0.15, 0.2) is 15.7 Å². The second-order valence-electron chi connectivity index (χ2n) is 4.15. The summed E-state index contributed by atoms with van der Waals surface area (Å²) in [5.74, 6) is -1.04. The van der Waals surface area contributed by atoms with Gasteiger partial charge >= 0.3 is 11.7 Å². The van der Waals surface area contributed by atoms with E-state index < -0.39 is 28.7 Å². The van der Waals surface area contributed by atoms with Gasteiger partial charge in [0.05, 0.1) is 0 Å². The van der Waals surface area contributed by atoms with Gasteiger partial charge in [0.15, 0.2) is 0 Å². The predicted molar refractivity (Wildman–Crippen MR) is 67.5 cm³/mol. The van der Waals surface area contributed by atoms with E-state index in [1.165, 1.54) is 11.8 Å². The molecule has 1 aliphatic heterocycles. The number of nitrogens with one attached hydrogen (secondary N) is 3. The van der Waals surface area contributed by atoms with Crippen molar-refractivity contribution in [3.8, 4) is 0 Å². The first kappa shape index (κ1) is 13.4. The zero-order valence-corrected chi connectivity index (χ0v) is 10.5. The molecular weight excluding hydrogens is 274 g/mol. The molecule has 0 bridgehead atoms. The number of aromatic amines is 2. The van der Waals surface area contributed by atoms with Crippen molar-refractivity contribution in [1.82, 2.24) is 15.3 Å². The minimum absolute atomic E-state index is 0.251. The molecule has 1 amide bonds. The van der Waals surface area contributed by atoms with Crippen LogP contribution in [0.5, 0.6) is 0 Å². The van der Waals surface area contributed by atoms with Crippen molar-refractivity contribution in [2.75, 3.05) is 11.5 Å². The van der Waals surface area contributed by atoms with Gasteiger partial charge in [0.2, 0.25) is 0 Å². The van der Waals surface area contributed by atoms with E-state index in [2.05, 4.69) is 10.3 Å².